The van der Waals surface area contributed by atoms with E-state index in [9.17, 15) is 18.3 Å². The van der Waals surface area contributed by atoms with E-state index in [0.29, 0.717) is 11.1 Å². The summed E-state index contributed by atoms with van der Waals surface area (Å²) in [6.45, 7) is -0.213. The summed E-state index contributed by atoms with van der Waals surface area (Å²) < 4.78 is 25.4. The molecule has 1 aromatic carbocycles. The number of aliphatic carboxylic acids is 1. The molecule has 0 spiro atoms. The second-order valence-electron chi connectivity index (χ2n) is 4.88. The van der Waals surface area contributed by atoms with Crippen LogP contribution in [0.2, 0.25) is 0 Å². The summed E-state index contributed by atoms with van der Waals surface area (Å²) in [7, 11) is -3.85. The monoisotopic (exact) mass is 310 g/mol. The minimum Gasteiger partial charge on any atom is -0.480 e. The molecule has 0 radical (unpaired) electrons. The highest BCUT2D eigenvalue weighted by Crippen LogP contribution is 2.24. The number of sulfonamides is 1. The molecule has 0 aromatic heterocycles. The maximum absolute atomic E-state index is 12.3. The van der Waals surface area contributed by atoms with Crippen molar-refractivity contribution in [1.82, 2.24) is 4.31 Å². The molecule has 21 heavy (non-hydrogen) atoms. The van der Waals surface area contributed by atoms with Crippen LogP contribution < -0.4 is 0 Å². The van der Waals surface area contributed by atoms with Crippen molar-refractivity contribution in [2.45, 2.75) is 24.3 Å². The number of carboxylic acid groups (broad SMARTS) is 1. The van der Waals surface area contributed by atoms with Gasteiger partial charge in [0, 0.05) is 13.0 Å². The maximum Gasteiger partial charge on any atom is 0.322 e. The molecule has 2 unspecified atom stereocenters. The number of rotatable bonds is 4. The molecule has 0 saturated carbocycles. The number of aliphatic hydroxyl groups excluding tert-OH is 1. The zero-order valence-electron chi connectivity index (χ0n) is 11.0. The number of hydrogen-bond donors (Lipinski definition) is 2. The smallest absolute Gasteiger partial charge is 0.322 e. The Hall–Kier alpha value is -1.95. The third kappa shape index (κ3) is 3.39. The average molecular weight is 310 g/mol. The molecule has 2 rings (SSSR count). The summed E-state index contributed by atoms with van der Waals surface area (Å²) in [4.78, 5) is 11.1. The number of nitriles is 1. The molecule has 112 valence electrons. The van der Waals surface area contributed by atoms with Crippen molar-refractivity contribution in [3.8, 4) is 6.07 Å². The number of aliphatic hydroxyl groups is 1. The van der Waals surface area contributed by atoms with Gasteiger partial charge < -0.3 is 10.2 Å². The van der Waals surface area contributed by atoms with Crippen LogP contribution in [-0.4, -0.2) is 47.6 Å². The molecule has 2 atom stereocenters. The first kappa shape index (κ1) is 15.4. The van der Waals surface area contributed by atoms with Gasteiger partial charge in [0.05, 0.1) is 23.5 Å². The highest BCUT2D eigenvalue weighted by Gasteiger charge is 2.42. The summed E-state index contributed by atoms with van der Waals surface area (Å²) in [6.07, 6.45) is -1.08. The summed E-state index contributed by atoms with van der Waals surface area (Å²) in [5.41, 5.74) is 0.871. The van der Waals surface area contributed by atoms with Gasteiger partial charge in [-0.1, -0.05) is 12.1 Å². The van der Waals surface area contributed by atoms with Crippen molar-refractivity contribution >= 4 is 16.0 Å². The van der Waals surface area contributed by atoms with Crippen molar-refractivity contribution in [3.05, 3.63) is 35.4 Å². The van der Waals surface area contributed by atoms with Gasteiger partial charge in [-0.2, -0.15) is 9.57 Å². The minimum absolute atomic E-state index is 0.109. The fourth-order valence-corrected chi connectivity index (χ4v) is 4.03. The maximum atomic E-state index is 12.3. The van der Waals surface area contributed by atoms with Gasteiger partial charge in [-0.15, -0.1) is 0 Å². The fraction of sp³-hybridized carbons (Fsp3) is 0.385. The third-order valence-electron chi connectivity index (χ3n) is 3.31. The Morgan fingerprint density at radius 3 is 2.52 bits per heavy atom. The van der Waals surface area contributed by atoms with Gasteiger partial charge in [-0.05, 0) is 17.7 Å². The standard InChI is InChI=1S/C13H14N2O5S/c14-6-9-1-3-10(4-2-9)8-21(19,20)15-7-11(16)5-12(15)13(17)18/h1-4,11-12,16H,5,7-8H2,(H,17,18). The van der Waals surface area contributed by atoms with Crippen molar-refractivity contribution in [2.24, 2.45) is 0 Å². The lowest BCUT2D eigenvalue weighted by Gasteiger charge is -2.20. The topological polar surface area (TPSA) is 119 Å². The minimum atomic E-state index is -3.85. The quantitative estimate of drug-likeness (QED) is 0.802. The van der Waals surface area contributed by atoms with Gasteiger partial charge in [0.1, 0.15) is 6.04 Å². The van der Waals surface area contributed by atoms with Crippen LogP contribution in [0, 0.1) is 11.3 Å². The van der Waals surface area contributed by atoms with Crippen molar-refractivity contribution in [1.29, 1.82) is 5.26 Å². The Balaban J connectivity index is 2.21. The summed E-state index contributed by atoms with van der Waals surface area (Å²) in [6, 6.07) is 6.72. The van der Waals surface area contributed by atoms with Gasteiger partial charge in [-0.25, -0.2) is 8.42 Å². The Labute approximate surface area is 122 Å². The number of nitrogens with zero attached hydrogens (tertiary/aromatic N) is 2. The van der Waals surface area contributed by atoms with E-state index >= 15 is 0 Å². The molecule has 1 heterocycles. The molecular formula is C13H14N2O5S. The molecule has 1 aliphatic heterocycles. The van der Waals surface area contributed by atoms with Gasteiger partial charge in [0.25, 0.3) is 0 Å². The third-order valence-corrected chi connectivity index (χ3v) is 5.12. The normalized spacial score (nSPS) is 22.9. The van der Waals surface area contributed by atoms with Crippen LogP contribution in [0.1, 0.15) is 17.5 Å². The Bertz CT molecular complexity index is 678. The van der Waals surface area contributed by atoms with E-state index in [1.807, 2.05) is 6.07 Å². The zero-order chi connectivity index (χ0) is 15.6. The molecular weight excluding hydrogens is 296 g/mol. The highest BCUT2D eigenvalue weighted by molar-refractivity contribution is 7.88. The lowest BCUT2D eigenvalue weighted by Crippen LogP contribution is -2.41. The second kappa shape index (κ2) is 5.81. The molecule has 1 saturated heterocycles. The second-order valence-corrected chi connectivity index (χ2v) is 6.80. The van der Waals surface area contributed by atoms with Gasteiger partial charge in [0.2, 0.25) is 10.0 Å². The van der Waals surface area contributed by atoms with Crippen molar-refractivity contribution < 1.29 is 23.4 Å². The molecule has 1 aliphatic rings. The zero-order valence-corrected chi connectivity index (χ0v) is 11.8. The average Bonchev–Trinajstić information content (AvgIpc) is 2.82. The first-order valence-electron chi connectivity index (χ1n) is 6.23. The van der Waals surface area contributed by atoms with E-state index < -0.39 is 28.1 Å². The van der Waals surface area contributed by atoms with Crippen molar-refractivity contribution in [3.63, 3.8) is 0 Å². The predicted octanol–water partition coefficient (Wildman–Crippen LogP) is -0.0921. The van der Waals surface area contributed by atoms with Gasteiger partial charge in [0.15, 0.2) is 0 Å². The first-order chi connectivity index (χ1) is 9.83. The molecule has 0 bridgehead atoms. The predicted molar refractivity (Wildman–Crippen MR) is 72.5 cm³/mol. The number of hydrogen-bond acceptors (Lipinski definition) is 5. The molecule has 7 nitrogen and oxygen atoms in total. The number of benzene rings is 1. The summed E-state index contributed by atoms with van der Waals surface area (Å²) >= 11 is 0. The molecule has 0 aliphatic carbocycles. The molecule has 0 amide bonds. The van der Waals surface area contributed by atoms with Crippen LogP contribution in [0.15, 0.2) is 24.3 Å². The van der Waals surface area contributed by atoms with E-state index in [2.05, 4.69) is 0 Å². The molecule has 1 aromatic rings. The van der Waals surface area contributed by atoms with E-state index in [4.69, 9.17) is 10.4 Å². The van der Waals surface area contributed by atoms with Crippen LogP contribution in [0.5, 0.6) is 0 Å². The van der Waals surface area contributed by atoms with E-state index in [-0.39, 0.29) is 18.7 Å². The summed E-state index contributed by atoms with van der Waals surface area (Å²) in [5, 5.41) is 27.2. The van der Waals surface area contributed by atoms with Crippen LogP contribution in [0.3, 0.4) is 0 Å². The van der Waals surface area contributed by atoms with Crippen LogP contribution in [0.25, 0.3) is 0 Å². The fourth-order valence-electron chi connectivity index (χ4n) is 2.29. The van der Waals surface area contributed by atoms with Crippen LogP contribution in [-0.2, 0) is 20.6 Å². The lowest BCUT2D eigenvalue weighted by molar-refractivity contribution is -0.140. The van der Waals surface area contributed by atoms with Crippen molar-refractivity contribution in [2.75, 3.05) is 6.54 Å². The number of β-amino-alcohol motifs (C(OH)–C–C–N with tert-alkyl or cyclic N) is 1. The van der Waals surface area contributed by atoms with Crippen LogP contribution in [0.4, 0.5) is 0 Å². The van der Waals surface area contributed by atoms with E-state index in [1.165, 1.54) is 24.3 Å². The Morgan fingerprint density at radius 2 is 2.00 bits per heavy atom. The first-order valence-corrected chi connectivity index (χ1v) is 7.84. The number of carbonyl (C=O) groups is 1. The molecule has 8 heteroatoms. The summed E-state index contributed by atoms with van der Waals surface area (Å²) in [5.74, 6) is -1.63. The largest absolute Gasteiger partial charge is 0.480 e. The Morgan fingerprint density at radius 1 is 1.38 bits per heavy atom. The lowest BCUT2D eigenvalue weighted by atomic mass is 10.2. The van der Waals surface area contributed by atoms with E-state index in [1.54, 1.807) is 0 Å². The van der Waals surface area contributed by atoms with Gasteiger partial charge >= 0.3 is 5.97 Å². The van der Waals surface area contributed by atoms with Crippen LogP contribution >= 0.6 is 0 Å². The molecule has 1 fully saturated rings. The SMILES string of the molecule is N#Cc1ccc(CS(=O)(=O)N2CC(O)CC2C(=O)O)cc1. The highest BCUT2D eigenvalue weighted by atomic mass is 32.2. The van der Waals surface area contributed by atoms with Gasteiger partial charge in [-0.3, -0.25) is 4.79 Å². The molecule has 2 N–H and O–H groups in total. The Kier molecular flexibility index (Phi) is 4.27. The van der Waals surface area contributed by atoms with E-state index in [0.717, 1.165) is 4.31 Å². The number of carboxylic acids is 1.